The molecular weight excluding hydrogens is 190 g/mol. The van der Waals surface area contributed by atoms with E-state index >= 15 is 0 Å². The van der Waals surface area contributed by atoms with E-state index in [0.29, 0.717) is 6.04 Å². The Morgan fingerprint density at radius 3 is 2.53 bits per heavy atom. The molecule has 0 fully saturated rings. The first kappa shape index (κ1) is 11.9. The minimum Gasteiger partial charge on any atom is -0.497 e. The SMILES string of the molecule is COc1ccc(CCC(C)[NH3+])c(OC)c1. The van der Waals surface area contributed by atoms with Crippen LogP contribution in [0.2, 0.25) is 0 Å². The van der Waals surface area contributed by atoms with Gasteiger partial charge in [-0.1, -0.05) is 6.07 Å². The van der Waals surface area contributed by atoms with Crippen molar-refractivity contribution in [2.24, 2.45) is 0 Å². The second-order valence-corrected chi connectivity index (χ2v) is 3.82. The molecule has 1 unspecified atom stereocenters. The summed E-state index contributed by atoms with van der Waals surface area (Å²) in [5, 5.41) is 0. The van der Waals surface area contributed by atoms with Crippen molar-refractivity contribution in [3.8, 4) is 11.5 Å². The molecule has 1 aromatic rings. The van der Waals surface area contributed by atoms with Gasteiger partial charge in [-0.25, -0.2) is 0 Å². The molecule has 0 heterocycles. The highest BCUT2D eigenvalue weighted by molar-refractivity contribution is 5.40. The van der Waals surface area contributed by atoms with Gasteiger partial charge in [0, 0.05) is 12.5 Å². The van der Waals surface area contributed by atoms with E-state index < -0.39 is 0 Å². The maximum absolute atomic E-state index is 5.32. The highest BCUT2D eigenvalue weighted by atomic mass is 16.5. The summed E-state index contributed by atoms with van der Waals surface area (Å²) < 4.78 is 10.5. The summed E-state index contributed by atoms with van der Waals surface area (Å²) in [6, 6.07) is 6.41. The summed E-state index contributed by atoms with van der Waals surface area (Å²) in [4.78, 5) is 0. The molecule has 3 heteroatoms. The number of hydrogen-bond donors (Lipinski definition) is 1. The Bertz CT molecular complexity index is 310. The van der Waals surface area contributed by atoms with Gasteiger partial charge in [-0.3, -0.25) is 0 Å². The molecule has 3 N–H and O–H groups in total. The summed E-state index contributed by atoms with van der Waals surface area (Å²) in [5.41, 5.74) is 5.19. The fraction of sp³-hybridized carbons (Fsp3) is 0.500. The van der Waals surface area contributed by atoms with Gasteiger partial charge in [-0.05, 0) is 25.0 Å². The maximum Gasteiger partial charge on any atom is 0.125 e. The van der Waals surface area contributed by atoms with Crippen LogP contribution in [0.25, 0.3) is 0 Å². The molecule has 1 aromatic carbocycles. The molecule has 0 radical (unpaired) electrons. The third-order valence-electron chi connectivity index (χ3n) is 2.40. The summed E-state index contributed by atoms with van der Waals surface area (Å²) in [6.07, 6.45) is 2.07. The van der Waals surface area contributed by atoms with Gasteiger partial charge in [0.15, 0.2) is 0 Å². The Balaban J connectivity index is 2.78. The Kier molecular flexibility index (Phi) is 4.43. The van der Waals surface area contributed by atoms with Gasteiger partial charge in [-0.15, -0.1) is 0 Å². The molecule has 3 nitrogen and oxygen atoms in total. The Labute approximate surface area is 91.2 Å². The lowest BCUT2D eigenvalue weighted by Gasteiger charge is -2.10. The molecule has 0 saturated carbocycles. The minimum atomic E-state index is 0.469. The Hall–Kier alpha value is -1.22. The van der Waals surface area contributed by atoms with Gasteiger partial charge in [0.25, 0.3) is 0 Å². The third kappa shape index (κ3) is 3.44. The van der Waals surface area contributed by atoms with E-state index in [0.717, 1.165) is 24.3 Å². The lowest BCUT2D eigenvalue weighted by atomic mass is 10.1. The number of hydrogen-bond acceptors (Lipinski definition) is 2. The van der Waals surface area contributed by atoms with E-state index in [1.807, 2.05) is 12.1 Å². The first-order valence-electron chi connectivity index (χ1n) is 5.21. The topological polar surface area (TPSA) is 46.1 Å². The number of aryl methyl sites for hydroxylation is 1. The van der Waals surface area contributed by atoms with Crippen molar-refractivity contribution in [1.82, 2.24) is 0 Å². The van der Waals surface area contributed by atoms with E-state index in [2.05, 4.69) is 18.7 Å². The molecule has 1 atom stereocenters. The van der Waals surface area contributed by atoms with Crippen LogP contribution in [0.3, 0.4) is 0 Å². The molecular formula is C12H20NO2+. The van der Waals surface area contributed by atoms with Crippen LogP contribution >= 0.6 is 0 Å². The largest absolute Gasteiger partial charge is 0.497 e. The monoisotopic (exact) mass is 210 g/mol. The van der Waals surface area contributed by atoms with E-state index in [-0.39, 0.29) is 0 Å². The molecule has 0 spiro atoms. The first-order chi connectivity index (χ1) is 7.17. The third-order valence-corrected chi connectivity index (χ3v) is 2.40. The van der Waals surface area contributed by atoms with Crippen LogP contribution in [-0.2, 0) is 6.42 Å². The lowest BCUT2D eigenvalue weighted by molar-refractivity contribution is -0.415. The molecule has 0 amide bonds. The lowest BCUT2D eigenvalue weighted by Crippen LogP contribution is -2.59. The zero-order chi connectivity index (χ0) is 11.3. The standard InChI is InChI=1S/C12H19NO2/c1-9(13)4-5-10-6-7-11(14-2)8-12(10)15-3/h6-9H,4-5,13H2,1-3H3/p+1. The predicted molar refractivity (Wildman–Crippen MR) is 60.2 cm³/mol. The fourth-order valence-electron chi connectivity index (χ4n) is 1.46. The fourth-order valence-corrected chi connectivity index (χ4v) is 1.46. The maximum atomic E-state index is 5.32. The Morgan fingerprint density at radius 1 is 1.27 bits per heavy atom. The van der Waals surface area contributed by atoms with E-state index in [1.165, 1.54) is 5.56 Å². The number of benzene rings is 1. The van der Waals surface area contributed by atoms with Crippen molar-refractivity contribution >= 4 is 0 Å². The Morgan fingerprint density at radius 2 is 2.00 bits per heavy atom. The highest BCUT2D eigenvalue weighted by Crippen LogP contribution is 2.25. The molecule has 0 saturated heterocycles. The van der Waals surface area contributed by atoms with Gasteiger partial charge in [0.05, 0.1) is 20.3 Å². The number of quaternary nitrogens is 1. The van der Waals surface area contributed by atoms with Gasteiger partial charge >= 0.3 is 0 Å². The van der Waals surface area contributed by atoms with Crippen LogP contribution < -0.4 is 15.2 Å². The van der Waals surface area contributed by atoms with Crippen LogP contribution in [0.15, 0.2) is 18.2 Å². The second-order valence-electron chi connectivity index (χ2n) is 3.82. The number of rotatable bonds is 5. The quantitative estimate of drug-likeness (QED) is 0.795. The van der Waals surface area contributed by atoms with Crippen molar-refractivity contribution in [2.45, 2.75) is 25.8 Å². The average Bonchev–Trinajstić information content (AvgIpc) is 2.25. The zero-order valence-electron chi connectivity index (χ0n) is 9.75. The van der Waals surface area contributed by atoms with E-state index in [4.69, 9.17) is 9.47 Å². The average molecular weight is 210 g/mol. The molecule has 15 heavy (non-hydrogen) atoms. The molecule has 0 aliphatic rings. The molecule has 84 valence electrons. The summed E-state index contributed by atoms with van der Waals surface area (Å²) in [7, 11) is 3.35. The summed E-state index contributed by atoms with van der Waals surface area (Å²) >= 11 is 0. The van der Waals surface area contributed by atoms with Crippen LogP contribution in [0, 0.1) is 0 Å². The van der Waals surface area contributed by atoms with Crippen molar-refractivity contribution in [2.75, 3.05) is 14.2 Å². The van der Waals surface area contributed by atoms with Crippen LogP contribution in [0.5, 0.6) is 11.5 Å². The van der Waals surface area contributed by atoms with Crippen molar-refractivity contribution in [1.29, 1.82) is 0 Å². The normalized spacial score (nSPS) is 12.3. The first-order valence-corrected chi connectivity index (χ1v) is 5.21. The van der Waals surface area contributed by atoms with Crippen LogP contribution in [0.1, 0.15) is 18.9 Å². The highest BCUT2D eigenvalue weighted by Gasteiger charge is 2.06. The molecule has 0 aliphatic carbocycles. The predicted octanol–water partition coefficient (Wildman–Crippen LogP) is 1.27. The number of methoxy groups -OCH3 is 2. The second kappa shape index (κ2) is 5.61. The van der Waals surface area contributed by atoms with Gasteiger partial charge in [-0.2, -0.15) is 0 Å². The minimum absolute atomic E-state index is 0.469. The van der Waals surface area contributed by atoms with Gasteiger partial charge < -0.3 is 15.2 Å². The molecule has 0 bridgehead atoms. The van der Waals surface area contributed by atoms with Crippen LogP contribution in [-0.4, -0.2) is 20.3 Å². The molecule has 1 rings (SSSR count). The van der Waals surface area contributed by atoms with Crippen molar-refractivity contribution in [3.63, 3.8) is 0 Å². The van der Waals surface area contributed by atoms with Crippen molar-refractivity contribution < 1.29 is 15.2 Å². The van der Waals surface area contributed by atoms with Gasteiger partial charge in [0.1, 0.15) is 11.5 Å². The smallest absolute Gasteiger partial charge is 0.125 e. The zero-order valence-corrected chi connectivity index (χ0v) is 9.75. The molecule has 0 aromatic heterocycles. The summed E-state index contributed by atoms with van der Waals surface area (Å²) in [6.45, 7) is 2.12. The number of ether oxygens (including phenoxy) is 2. The van der Waals surface area contributed by atoms with E-state index in [9.17, 15) is 0 Å². The molecule has 0 aliphatic heterocycles. The van der Waals surface area contributed by atoms with Crippen LogP contribution in [0.4, 0.5) is 0 Å². The van der Waals surface area contributed by atoms with Crippen molar-refractivity contribution in [3.05, 3.63) is 23.8 Å². The summed E-state index contributed by atoms with van der Waals surface area (Å²) in [5.74, 6) is 1.73. The van der Waals surface area contributed by atoms with Gasteiger partial charge in [0.2, 0.25) is 0 Å². The van der Waals surface area contributed by atoms with E-state index in [1.54, 1.807) is 14.2 Å².